The molecule has 10 N–H and O–H groups in total. The highest BCUT2D eigenvalue weighted by Gasteiger charge is 2.35. The summed E-state index contributed by atoms with van der Waals surface area (Å²) < 4.78 is 4.37. The number of benzene rings is 3. The molecule has 468 valence electrons. The van der Waals surface area contributed by atoms with Gasteiger partial charge in [0.05, 0.1) is 24.6 Å². The van der Waals surface area contributed by atoms with Gasteiger partial charge in [-0.15, -0.1) is 0 Å². The number of carboxylic acids is 1. The van der Waals surface area contributed by atoms with Crippen molar-refractivity contribution in [2.45, 2.75) is 106 Å². The molecule has 9 aromatic rings. The van der Waals surface area contributed by atoms with Crippen molar-refractivity contribution >= 4 is 41.3 Å². The highest BCUT2D eigenvalue weighted by molar-refractivity contribution is 6.38. The van der Waals surface area contributed by atoms with Crippen LogP contribution in [0.3, 0.4) is 0 Å². The summed E-state index contributed by atoms with van der Waals surface area (Å²) in [7, 11) is 0. The zero-order valence-electron chi connectivity index (χ0n) is 49.3. The number of carboxylic acid groups (broad SMARTS) is 1. The normalized spacial score (nSPS) is 14.6. The number of hydrogen-bond acceptors (Lipinski definition) is 16. The van der Waals surface area contributed by atoms with Gasteiger partial charge in [-0.25, -0.2) is 34.4 Å². The minimum atomic E-state index is -1.37. The third-order valence-electron chi connectivity index (χ3n) is 14.4. The van der Waals surface area contributed by atoms with E-state index in [1.54, 1.807) is 71.7 Å². The predicted octanol–water partition coefficient (Wildman–Crippen LogP) is 3.87. The van der Waals surface area contributed by atoms with Gasteiger partial charge in [0.1, 0.15) is 47.8 Å². The minimum absolute atomic E-state index is 0.0557. The Labute approximate surface area is 523 Å². The molecule has 5 amide bonds. The van der Waals surface area contributed by atoms with Crippen LogP contribution in [0, 0.1) is 0 Å². The highest BCUT2D eigenvalue weighted by Crippen LogP contribution is 2.22. The van der Waals surface area contributed by atoms with Crippen LogP contribution in [0.5, 0.6) is 0 Å². The van der Waals surface area contributed by atoms with Gasteiger partial charge in [0, 0.05) is 49.2 Å². The second-order valence-electron chi connectivity index (χ2n) is 21.7. The van der Waals surface area contributed by atoms with Gasteiger partial charge in [-0.2, -0.15) is 5.10 Å². The van der Waals surface area contributed by atoms with E-state index in [0.29, 0.717) is 30.3 Å². The number of imidazole rings is 2. The van der Waals surface area contributed by atoms with Crippen LogP contribution in [0.2, 0.25) is 0 Å². The maximum absolute atomic E-state index is 13.0. The lowest BCUT2D eigenvalue weighted by atomic mass is 10.0. The van der Waals surface area contributed by atoms with Crippen LogP contribution in [0.15, 0.2) is 201 Å². The number of ketones is 1. The average Bonchev–Trinajstić information content (AvgIpc) is 2.70. The van der Waals surface area contributed by atoms with E-state index in [1.807, 2.05) is 97.1 Å². The van der Waals surface area contributed by atoms with E-state index >= 15 is 0 Å². The summed E-state index contributed by atoms with van der Waals surface area (Å²) in [6, 6.07) is 43.7. The lowest BCUT2D eigenvalue weighted by Gasteiger charge is -2.24. The number of amides is 5. The fourth-order valence-corrected chi connectivity index (χ4v) is 9.10. The summed E-state index contributed by atoms with van der Waals surface area (Å²) in [6.07, 6.45) is 16.2. The summed E-state index contributed by atoms with van der Waals surface area (Å²) >= 11 is 0. The number of aromatic nitrogens is 9. The van der Waals surface area contributed by atoms with Crippen molar-refractivity contribution in [2.75, 3.05) is 0 Å². The Hall–Kier alpha value is -10.9. The molecular weight excluding hydrogens is 1160 g/mol. The van der Waals surface area contributed by atoms with Crippen molar-refractivity contribution in [3.63, 3.8) is 0 Å². The van der Waals surface area contributed by atoms with Gasteiger partial charge in [0.15, 0.2) is 17.6 Å². The van der Waals surface area contributed by atoms with Crippen LogP contribution in [0.4, 0.5) is 0 Å². The van der Waals surface area contributed by atoms with Crippen molar-refractivity contribution in [2.24, 2.45) is 5.73 Å². The molecule has 0 saturated heterocycles. The number of aromatic carboxylic acids is 1. The number of rotatable bonds is 23. The lowest BCUT2D eigenvalue weighted by molar-refractivity contribution is -0.139. The third kappa shape index (κ3) is 19.3. The Balaban J connectivity index is 0.000000150. The topological polar surface area (TPSA) is 358 Å². The number of pyridine rings is 3. The van der Waals surface area contributed by atoms with Gasteiger partial charge in [0.25, 0.3) is 29.5 Å². The summed E-state index contributed by atoms with van der Waals surface area (Å²) in [5, 5.41) is 47.0. The summed E-state index contributed by atoms with van der Waals surface area (Å²) in [5.74, 6) is -2.57. The maximum Gasteiger partial charge on any atom is 0.354 e. The second kappa shape index (κ2) is 31.8. The number of Topliss-reactive ketones (excluding diaryl/α,β-unsaturated/α-hetero) is 1. The number of carbonyl (C=O) groups is 7. The third-order valence-corrected chi connectivity index (χ3v) is 14.4. The number of aliphatic hydroxyl groups excluding tert-OH is 2. The average molecular weight is 1230 g/mol. The second-order valence-corrected chi connectivity index (χ2v) is 21.7. The molecule has 25 nitrogen and oxygen atoms in total. The maximum atomic E-state index is 13.0. The molecule has 3 aliphatic rings. The molecule has 0 spiro atoms. The van der Waals surface area contributed by atoms with Crippen molar-refractivity contribution in [1.82, 2.24) is 70.4 Å². The first kappa shape index (κ1) is 64.6. The Kier molecular flexibility index (Phi) is 22.6. The predicted molar refractivity (Wildman–Crippen MR) is 332 cm³/mol. The number of nitrogens with zero attached hydrogens (tertiary/aromatic N) is 9. The highest BCUT2D eigenvalue weighted by atomic mass is 16.4. The van der Waals surface area contributed by atoms with Crippen molar-refractivity contribution in [3.8, 4) is 17.5 Å². The fourth-order valence-electron chi connectivity index (χ4n) is 9.10. The number of carbonyl (C=O) groups excluding carboxylic acids is 6. The molecule has 5 atom stereocenters. The van der Waals surface area contributed by atoms with Crippen LogP contribution >= 0.6 is 0 Å². The smallest absolute Gasteiger partial charge is 0.354 e. The Morgan fingerprint density at radius 2 is 0.912 bits per heavy atom. The van der Waals surface area contributed by atoms with Crippen LogP contribution in [0.25, 0.3) is 17.5 Å². The Bertz CT molecular complexity index is 3830. The summed E-state index contributed by atoms with van der Waals surface area (Å²) in [6.45, 7) is 0. The van der Waals surface area contributed by atoms with Gasteiger partial charge in [-0.3, -0.25) is 37.9 Å². The van der Waals surface area contributed by atoms with Gasteiger partial charge < -0.3 is 47.6 Å². The van der Waals surface area contributed by atoms with Gasteiger partial charge in [-0.1, -0.05) is 109 Å². The Morgan fingerprint density at radius 1 is 0.484 bits per heavy atom. The van der Waals surface area contributed by atoms with E-state index in [1.165, 1.54) is 46.6 Å². The number of nitrogens with two attached hydrogens (primary N) is 1. The molecule has 2 unspecified atom stereocenters. The molecule has 3 aliphatic carbocycles. The van der Waals surface area contributed by atoms with Crippen LogP contribution in [0.1, 0.15) is 86.7 Å². The summed E-state index contributed by atoms with van der Waals surface area (Å²) in [4.78, 5) is 107. The van der Waals surface area contributed by atoms with Gasteiger partial charge in [0.2, 0.25) is 5.78 Å². The van der Waals surface area contributed by atoms with E-state index in [4.69, 9.17) is 10.8 Å². The molecule has 3 saturated carbocycles. The first-order valence-electron chi connectivity index (χ1n) is 29.6. The molecule has 0 bridgehead atoms. The zero-order chi connectivity index (χ0) is 64.1. The SMILES string of the molecule is N[C@@H](Cc1ccccc1)C(O)C(=O)NC1CC1.O=C(NC1CC1)C(=O)[C@H](Cc1ccccc1)NC(=O)c1cncn1-c1ccccn1.O=C(N[C@@H](Cc1ccccc1)C(O)C(=O)NC1CC1)c1cncn1-c1ccccn1.O=C(O)c1ccnn1-c1ccccn1. The molecule has 6 heterocycles. The number of hydrogen-bond donors (Lipinski definition) is 9. The van der Waals surface area contributed by atoms with E-state index in [-0.39, 0.29) is 47.5 Å². The molecule has 3 fully saturated rings. The van der Waals surface area contributed by atoms with Crippen molar-refractivity contribution < 1.29 is 48.9 Å². The quantitative estimate of drug-likeness (QED) is 0.0411. The largest absolute Gasteiger partial charge is 0.477 e. The molecule has 25 heteroatoms. The molecule has 0 aliphatic heterocycles. The van der Waals surface area contributed by atoms with E-state index in [2.05, 4.69) is 56.6 Å². The van der Waals surface area contributed by atoms with E-state index in [0.717, 1.165) is 55.2 Å². The molecule has 0 radical (unpaired) electrons. The molecular formula is C66H69N15O10. The van der Waals surface area contributed by atoms with E-state index < -0.39 is 65.7 Å². The molecule has 3 aromatic carbocycles. The summed E-state index contributed by atoms with van der Waals surface area (Å²) in [5.41, 5.74) is 9.20. The van der Waals surface area contributed by atoms with Crippen LogP contribution in [-0.4, -0.2) is 149 Å². The fraction of sp³-hybridized carbons (Fsp3) is 0.258. The van der Waals surface area contributed by atoms with Crippen molar-refractivity contribution in [3.05, 3.63) is 235 Å². The molecule has 6 aromatic heterocycles. The lowest BCUT2D eigenvalue weighted by Crippen LogP contribution is -2.52. The minimum Gasteiger partial charge on any atom is -0.477 e. The van der Waals surface area contributed by atoms with Crippen LogP contribution < -0.4 is 32.3 Å². The first-order chi connectivity index (χ1) is 44.2. The zero-order valence-corrected chi connectivity index (χ0v) is 49.3. The van der Waals surface area contributed by atoms with Gasteiger partial charge >= 0.3 is 5.97 Å². The first-order valence-corrected chi connectivity index (χ1v) is 29.6. The van der Waals surface area contributed by atoms with E-state index in [9.17, 15) is 43.8 Å². The number of nitrogens with one attached hydrogen (secondary N) is 5. The van der Waals surface area contributed by atoms with Gasteiger partial charge in [-0.05, 0) is 111 Å². The Morgan fingerprint density at radius 3 is 1.37 bits per heavy atom. The molecule has 91 heavy (non-hydrogen) atoms. The van der Waals surface area contributed by atoms with Crippen LogP contribution in [-0.2, 0) is 38.4 Å². The monoisotopic (exact) mass is 1230 g/mol. The molecule has 12 rings (SSSR count). The van der Waals surface area contributed by atoms with Crippen molar-refractivity contribution in [1.29, 1.82) is 0 Å². The standard InChI is InChI=1S/C22H23N5O3.C22H21N5O3.C13H18N2O2.C9H7N3O2/c2*28-20(22(30)25-16-9-10-16)17(12-15-6-2-1-3-7-15)26-21(29)18-13-23-14-27(18)19-8-4-5-11-24-19;14-11(8-9-4-2-1-3-5-9)12(16)13(17)15-10-6-7-10;13-9(14)7-4-6-11-12(7)8-3-1-2-5-10-8/h1-8,11,13-14,16-17,20,28H,9-10,12H2,(H,25,30)(H,26,29);1-8,11,13-14,16-17H,9-10,12H2,(H,25,30)(H,26,29);1-5,10-12,16H,6-8,14H2,(H,15,17);1-6H,(H,13,14)/t17-,20?;17-;11-,12?;/m000./s1. The number of aliphatic hydroxyl groups is 2.